The summed E-state index contributed by atoms with van der Waals surface area (Å²) < 4.78 is 15.9. The SMILES string of the molecule is CC(C)(C)O.CC(C)O.CC(C)OC(C)C.CC(OC(C)(C)C)c1ccccc1.CCCCCOC.CO. The highest BCUT2D eigenvalue weighted by molar-refractivity contribution is 5.16. The molecule has 1 unspecified atom stereocenters. The topological polar surface area (TPSA) is 88.4 Å². The number of ether oxygens (including phenoxy) is 3. The summed E-state index contributed by atoms with van der Waals surface area (Å²) in [6.45, 7) is 28.3. The largest absolute Gasteiger partial charge is 0.400 e. The van der Waals surface area contributed by atoms with E-state index in [4.69, 9.17) is 29.5 Å². The molecule has 1 aromatic carbocycles. The van der Waals surface area contributed by atoms with Gasteiger partial charge in [0.2, 0.25) is 0 Å². The molecule has 0 amide bonds. The molecule has 0 radical (unpaired) electrons. The first-order valence-electron chi connectivity index (χ1n) is 14.0. The summed E-state index contributed by atoms with van der Waals surface area (Å²) >= 11 is 0. The van der Waals surface area contributed by atoms with Gasteiger partial charge in [0, 0.05) is 26.9 Å². The second kappa shape index (κ2) is 30.5. The van der Waals surface area contributed by atoms with Gasteiger partial charge in [-0.1, -0.05) is 50.1 Å². The van der Waals surface area contributed by atoms with Gasteiger partial charge in [-0.3, -0.25) is 0 Å². The number of aliphatic hydroxyl groups is 3. The highest BCUT2D eigenvalue weighted by Crippen LogP contribution is 2.22. The zero-order valence-electron chi connectivity index (χ0n) is 28.1. The summed E-state index contributed by atoms with van der Waals surface area (Å²) in [6, 6.07) is 10.3. The van der Waals surface area contributed by atoms with Crippen molar-refractivity contribution in [3.05, 3.63) is 35.9 Å². The Labute approximate surface area is 238 Å². The van der Waals surface area contributed by atoms with E-state index in [0.29, 0.717) is 12.2 Å². The monoisotopic (exact) mass is 549 g/mol. The number of rotatable bonds is 8. The molecule has 6 heteroatoms. The quantitative estimate of drug-likeness (QED) is 0.285. The Bertz CT molecular complexity index is 512. The lowest BCUT2D eigenvalue weighted by Crippen LogP contribution is -2.21. The molecule has 0 spiro atoms. The van der Waals surface area contributed by atoms with E-state index in [2.05, 4.69) is 46.8 Å². The van der Waals surface area contributed by atoms with Crippen molar-refractivity contribution < 1.29 is 29.5 Å². The van der Waals surface area contributed by atoms with E-state index in [1.807, 2.05) is 45.9 Å². The molecule has 0 bridgehead atoms. The van der Waals surface area contributed by atoms with Crippen LogP contribution in [0.5, 0.6) is 0 Å². The van der Waals surface area contributed by atoms with Crippen molar-refractivity contribution in [2.75, 3.05) is 20.8 Å². The van der Waals surface area contributed by atoms with E-state index in [9.17, 15) is 0 Å². The van der Waals surface area contributed by atoms with Crippen molar-refractivity contribution in [1.29, 1.82) is 0 Å². The minimum atomic E-state index is -0.500. The molecule has 6 nitrogen and oxygen atoms in total. The summed E-state index contributed by atoms with van der Waals surface area (Å²) in [5.41, 5.74) is 0.660. The fraction of sp³-hybridized carbons (Fsp3) is 0.812. The predicted molar refractivity (Wildman–Crippen MR) is 166 cm³/mol. The minimum Gasteiger partial charge on any atom is -0.400 e. The van der Waals surface area contributed by atoms with E-state index in [0.717, 1.165) is 13.7 Å². The minimum absolute atomic E-state index is 0.0741. The van der Waals surface area contributed by atoms with Gasteiger partial charge in [0.25, 0.3) is 0 Å². The average Bonchev–Trinajstić information content (AvgIpc) is 2.73. The second-order valence-electron chi connectivity index (χ2n) is 11.5. The summed E-state index contributed by atoms with van der Waals surface area (Å²) in [4.78, 5) is 0. The summed E-state index contributed by atoms with van der Waals surface area (Å²) in [5, 5.41) is 23.6. The maximum Gasteiger partial charge on any atom is 0.0803 e. The van der Waals surface area contributed by atoms with Crippen molar-refractivity contribution in [1.82, 2.24) is 0 Å². The molecule has 38 heavy (non-hydrogen) atoms. The number of methoxy groups -OCH3 is 1. The molecule has 0 saturated heterocycles. The van der Waals surface area contributed by atoms with Gasteiger partial charge in [0.1, 0.15) is 0 Å². The number of aliphatic hydroxyl groups excluding tert-OH is 2. The van der Waals surface area contributed by atoms with Crippen molar-refractivity contribution in [2.45, 2.75) is 152 Å². The highest BCUT2D eigenvalue weighted by Gasteiger charge is 2.15. The molecule has 0 aromatic heterocycles. The maximum atomic E-state index is 8.52. The van der Waals surface area contributed by atoms with Crippen LogP contribution >= 0.6 is 0 Å². The molecular formula is C32H68O6. The van der Waals surface area contributed by atoms with E-state index in [-0.39, 0.29) is 17.8 Å². The smallest absolute Gasteiger partial charge is 0.0803 e. The maximum absolute atomic E-state index is 8.52. The molecule has 3 N–H and O–H groups in total. The van der Waals surface area contributed by atoms with Crippen molar-refractivity contribution in [3.63, 3.8) is 0 Å². The summed E-state index contributed by atoms with van der Waals surface area (Å²) in [6.07, 6.45) is 4.55. The molecule has 232 valence electrons. The van der Waals surface area contributed by atoms with Crippen LogP contribution < -0.4 is 0 Å². The molecule has 0 aliphatic rings. The first kappa shape index (κ1) is 46.8. The zero-order valence-corrected chi connectivity index (χ0v) is 28.1. The Balaban J connectivity index is -0.000000126. The number of benzene rings is 1. The first-order chi connectivity index (χ1) is 17.3. The van der Waals surface area contributed by atoms with Crippen molar-refractivity contribution >= 4 is 0 Å². The molecule has 1 atom stereocenters. The predicted octanol–water partition coefficient (Wildman–Crippen LogP) is 7.98. The molecule has 1 aromatic rings. The van der Waals surface area contributed by atoms with Crippen LogP contribution in [0.25, 0.3) is 0 Å². The van der Waals surface area contributed by atoms with Crippen LogP contribution in [0.4, 0.5) is 0 Å². The van der Waals surface area contributed by atoms with Gasteiger partial charge in [-0.25, -0.2) is 0 Å². The van der Waals surface area contributed by atoms with E-state index in [1.165, 1.54) is 24.8 Å². The number of unbranched alkanes of at least 4 members (excludes halogenated alkanes) is 2. The molecule has 0 aliphatic carbocycles. The highest BCUT2D eigenvalue weighted by atomic mass is 16.5. The van der Waals surface area contributed by atoms with Crippen molar-refractivity contribution in [2.24, 2.45) is 0 Å². The number of hydrogen-bond acceptors (Lipinski definition) is 6. The van der Waals surface area contributed by atoms with Crippen LogP contribution in [0, 0.1) is 0 Å². The molecule has 0 heterocycles. The van der Waals surface area contributed by atoms with E-state index >= 15 is 0 Å². The lowest BCUT2D eigenvalue weighted by Gasteiger charge is -2.25. The fourth-order valence-electron chi connectivity index (χ4n) is 2.36. The van der Waals surface area contributed by atoms with Gasteiger partial charge >= 0.3 is 0 Å². The van der Waals surface area contributed by atoms with Gasteiger partial charge in [-0.2, -0.15) is 0 Å². The van der Waals surface area contributed by atoms with Gasteiger partial charge in [0.05, 0.1) is 29.5 Å². The second-order valence-corrected chi connectivity index (χ2v) is 11.5. The average molecular weight is 549 g/mol. The molecule has 1 rings (SSSR count). The van der Waals surface area contributed by atoms with Crippen LogP contribution in [-0.4, -0.2) is 65.7 Å². The Kier molecular flexibility index (Phi) is 37.6. The molecule has 0 saturated carbocycles. The molecular weight excluding hydrogens is 480 g/mol. The van der Waals surface area contributed by atoms with Crippen molar-refractivity contribution in [3.8, 4) is 0 Å². The Hall–Kier alpha value is -1.02. The Morgan fingerprint density at radius 3 is 1.37 bits per heavy atom. The molecule has 0 aliphatic heterocycles. The van der Waals surface area contributed by atoms with Gasteiger partial charge in [-0.15, -0.1) is 0 Å². The Morgan fingerprint density at radius 1 is 0.763 bits per heavy atom. The van der Waals surface area contributed by atoms with E-state index in [1.54, 1.807) is 41.7 Å². The first-order valence-corrected chi connectivity index (χ1v) is 14.0. The van der Waals surface area contributed by atoms with Gasteiger partial charge in [-0.05, 0) is 102 Å². The summed E-state index contributed by atoms with van der Waals surface area (Å²) in [5.74, 6) is 0. The van der Waals surface area contributed by atoms with Crippen LogP contribution in [0.1, 0.15) is 128 Å². The normalized spacial score (nSPS) is 11.3. The van der Waals surface area contributed by atoms with Gasteiger partial charge < -0.3 is 29.5 Å². The van der Waals surface area contributed by atoms with Crippen LogP contribution in [0.15, 0.2) is 30.3 Å². The van der Waals surface area contributed by atoms with Gasteiger partial charge in [0.15, 0.2) is 0 Å². The lowest BCUT2D eigenvalue weighted by atomic mass is 10.1. The number of hydrogen-bond donors (Lipinski definition) is 3. The zero-order chi connectivity index (χ0) is 31.4. The fourth-order valence-corrected chi connectivity index (χ4v) is 2.36. The third-order valence-corrected chi connectivity index (χ3v) is 3.30. The van der Waals surface area contributed by atoms with Crippen LogP contribution in [-0.2, 0) is 14.2 Å². The Morgan fingerprint density at radius 2 is 1.13 bits per heavy atom. The van der Waals surface area contributed by atoms with E-state index < -0.39 is 5.60 Å². The standard InChI is InChI=1S/C12H18O.2C6H14O.C4H10O.C3H8O.CH4O/c1-10(13-12(2,3)4)11-8-6-5-7-9-11;1-5(2)7-6(3)4;1-3-4-5-6-7-2;1-4(2,3)5;1-3(2)4;1-2/h5-10H,1-4H3;5-6H,1-4H3;3-6H2,1-2H3;5H,1-3H3;3-4H,1-2H3;2H,1H3. The van der Waals surface area contributed by atoms with Crippen LogP contribution in [0.2, 0.25) is 0 Å². The molecule has 0 fully saturated rings. The lowest BCUT2D eigenvalue weighted by molar-refractivity contribution is -0.0529. The summed E-state index contributed by atoms with van der Waals surface area (Å²) in [7, 11) is 2.75. The third-order valence-electron chi connectivity index (χ3n) is 3.30. The van der Waals surface area contributed by atoms with Crippen LogP contribution in [0.3, 0.4) is 0 Å². The third kappa shape index (κ3) is 70.2.